The van der Waals surface area contributed by atoms with Gasteiger partial charge in [-0.3, -0.25) is 9.59 Å². The zero-order chi connectivity index (χ0) is 29.6. The van der Waals surface area contributed by atoms with Crippen LogP contribution in [0.25, 0.3) is 0 Å². The predicted octanol–water partition coefficient (Wildman–Crippen LogP) is 3.44. The van der Waals surface area contributed by atoms with Gasteiger partial charge in [0, 0.05) is 32.9 Å². The average molecular weight is 587 g/mol. The molecule has 0 aromatic heterocycles. The summed E-state index contributed by atoms with van der Waals surface area (Å²) in [6.45, 7) is 4.86. The van der Waals surface area contributed by atoms with Gasteiger partial charge in [0.15, 0.2) is 25.0 Å². The lowest BCUT2D eigenvalue weighted by atomic mass is 9.96. The monoisotopic (exact) mass is 586 g/mol. The smallest absolute Gasteiger partial charge is 0.303 e. The summed E-state index contributed by atoms with van der Waals surface area (Å²) in [4.78, 5) is 23.7. The van der Waals surface area contributed by atoms with E-state index < -0.39 is 73.5 Å². The van der Waals surface area contributed by atoms with Gasteiger partial charge < -0.3 is 42.6 Å². The van der Waals surface area contributed by atoms with Gasteiger partial charge >= 0.3 is 11.9 Å². The van der Waals surface area contributed by atoms with Crippen molar-refractivity contribution in [1.29, 1.82) is 0 Å². The summed E-state index contributed by atoms with van der Waals surface area (Å²) in [7, 11) is 1.54. The summed E-state index contributed by atoms with van der Waals surface area (Å²) in [5, 5.41) is 0. The molecule has 228 valence electrons. The Balaban J connectivity index is 1.41. The number of fused-ring (bicyclic) bond motifs is 1. The third-order valence-corrected chi connectivity index (χ3v) is 7.42. The van der Waals surface area contributed by atoms with Crippen molar-refractivity contribution >= 4 is 11.9 Å². The van der Waals surface area contributed by atoms with E-state index >= 15 is 0 Å². The first-order valence-corrected chi connectivity index (χ1v) is 14.1. The third kappa shape index (κ3) is 7.35. The standard InChI is InChI=1S/C31H38O11/c1-18-26(39-20(3)33)23(38-19(2)32)15-25(37-18)41-28-27-24(17-36-30(42-27)22-13-9-6-10-14-22)40-31(34-4)29(28)35-16-21-11-7-5-8-12-21/h5-14,18,23-31H,15-17H2,1-4H3/t18-,23-,24-,25-,26-,27-,28+,29-,30?,31+/m1/s1. The summed E-state index contributed by atoms with van der Waals surface area (Å²) in [5.74, 6) is -1.00. The number of hydrogen-bond donors (Lipinski definition) is 0. The molecule has 42 heavy (non-hydrogen) atoms. The van der Waals surface area contributed by atoms with Gasteiger partial charge in [-0.1, -0.05) is 60.7 Å². The molecule has 3 aliphatic heterocycles. The Morgan fingerprint density at radius 3 is 2.21 bits per heavy atom. The Bertz CT molecular complexity index is 1160. The lowest BCUT2D eigenvalue weighted by Crippen LogP contribution is -2.64. The van der Waals surface area contributed by atoms with E-state index in [1.807, 2.05) is 60.7 Å². The highest BCUT2D eigenvalue weighted by Crippen LogP contribution is 2.38. The van der Waals surface area contributed by atoms with E-state index in [1.165, 1.54) is 21.0 Å². The van der Waals surface area contributed by atoms with Crippen LogP contribution < -0.4 is 0 Å². The summed E-state index contributed by atoms with van der Waals surface area (Å²) >= 11 is 0. The molecular formula is C31H38O11. The number of benzene rings is 2. The highest BCUT2D eigenvalue weighted by molar-refractivity contribution is 5.67. The molecular weight excluding hydrogens is 548 g/mol. The van der Waals surface area contributed by atoms with Crippen molar-refractivity contribution in [2.45, 2.75) is 95.4 Å². The van der Waals surface area contributed by atoms with Crippen LogP contribution in [0.1, 0.15) is 44.6 Å². The van der Waals surface area contributed by atoms with Gasteiger partial charge in [0.25, 0.3) is 0 Å². The second-order valence-corrected chi connectivity index (χ2v) is 10.5. The number of ether oxygens (including phenoxy) is 9. The minimum absolute atomic E-state index is 0.123. The SMILES string of the molecule is CO[C@H]1O[C@@H]2COC(c3ccccc3)O[C@H]2[C@H](O[C@@H]2C[C@@H](OC(C)=O)[C@H](OC(C)=O)[C@@H](C)O2)[C@H]1OCc1ccccc1. The minimum atomic E-state index is -0.846. The summed E-state index contributed by atoms with van der Waals surface area (Å²) in [6, 6.07) is 19.3. The van der Waals surface area contributed by atoms with Gasteiger partial charge in [-0.05, 0) is 12.5 Å². The lowest BCUT2D eigenvalue weighted by molar-refractivity contribution is -0.386. The van der Waals surface area contributed by atoms with Gasteiger partial charge in [-0.25, -0.2) is 0 Å². The van der Waals surface area contributed by atoms with Crippen LogP contribution in [-0.4, -0.2) is 81.0 Å². The maximum absolute atomic E-state index is 11.9. The lowest BCUT2D eigenvalue weighted by Gasteiger charge is -2.50. The van der Waals surface area contributed by atoms with E-state index in [2.05, 4.69) is 0 Å². The molecule has 0 radical (unpaired) electrons. The van der Waals surface area contributed by atoms with Gasteiger partial charge in [-0.2, -0.15) is 0 Å². The zero-order valence-corrected chi connectivity index (χ0v) is 24.2. The van der Waals surface area contributed by atoms with Crippen molar-refractivity contribution in [1.82, 2.24) is 0 Å². The second-order valence-electron chi connectivity index (χ2n) is 10.5. The molecule has 0 aliphatic carbocycles. The fourth-order valence-corrected chi connectivity index (χ4v) is 5.57. The average Bonchev–Trinajstić information content (AvgIpc) is 2.98. The van der Waals surface area contributed by atoms with Gasteiger partial charge in [0.2, 0.25) is 0 Å². The van der Waals surface area contributed by atoms with Crippen LogP contribution in [-0.2, 0) is 58.8 Å². The molecule has 11 nitrogen and oxygen atoms in total. The molecule has 2 aromatic rings. The van der Waals surface area contributed by atoms with Crippen molar-refractivity contribution in [2.75, 3.05) is 13.7 Å². The first-order valence-electron chi connectivity index (χ1n) is 14.1. The molecule has 0 amide bonds. The number of carbonyl (C=O) groups is 2. The molecule has 3 saturated heterocycles. The van der Waals surface area contributed by atoms with Crippen molar-refractivity contribution in [3.63, 3.8) is 0 Å². The van der Waals surface area contributed by atoms with Crippen molar-refractivity contribution in [3.8, 4) is 0 Å². The molecule has 3 fully saturated rings. The normalized spacial score (nSPS) is 34.7. The Labute approximate surface area is 245 Å². The Morgan fingerprint density at radius 2 is 1.55 bits per heavy atom. The molecule has 0 bridgehead atoms. The van der Waals surface area contributed by atoms with Gasteiger partial charge in [0.1, 0.15) is 30.5 Å². The number of rotatable bonds is 9. The largest absolute Gasteiger partial charge is 0.458 e. The van der Waals surface area contributed by atoms with Gasteiger partial charge in [-0.15, -0.1) is 0 Å². The fraction of sp³-hybridized carbons (Fsp3) is 0.548. The number of esters is 2. The summed E-state index contributed by atoms with van der Waals surface area (Å²) < 4.78 is 54.7. The number of carbonyl (C=O) groups excluding carboxylic acids is 2. The predicted molar refractivity (Wildman–Crippen MR) is 146 cm³/mol. The molecule has 1 unspecified atom stereocenters. The highest BCUT2D eigenvalue weighted by Gasteiger charge is 2.53. The van der Waals surface area contributed by atoms with E-state index in [4.69, 9.17) is 42.6 Å². The Hall–Kier alpha value is -2.90. The van der Waals surface area contributed by atoms with E-state index in [1.54, 1.807) is 6.92 Å². The second kappa shape index (κ2) is 14.0. The van der Waals surface area contributed by atoms with Crippen LogP contribution in [0.4, 0.5) is 0 Å². The first kappa shape index (κ1) is 30.6. The molecule has 0 spiro atoms. The third-order valence-electron chi connectivity index (χ3n) is 7.42. The Kier molecular flexibility index (Phi) is 10.2. The van der Waals surface area contributed by atoms with Crippen LogP contribution >= 0.6 is 0 Å². The number of hydrogen-bond acceptors (Lipinski definition) is 11. The number of methoxy groups -OCH3 is 1. The van der Waals surface area contributed by atoms with E-state index in [0.717, 1.165) is 11.1 Å². The van der Waals surface area contributed by atoms with Crippen LogP contribution in [0.5, 0.6) is 0 Å². The quantitative estimate of drug-likeness (QED) is 0.402. The maximum Gasteiger partial charge on any atom is 0.303 e. The van der Waals surface area contributed by atoms with Crippen LogP contribution in [0, 0.1) is 0 Å². The molecule has 11 heteroatoms. The van der Waals surface area contributed by atoms with Crippen molar-refractivity contribution < 1.29 is 52.2 Å². The molecule has 3 aliphatic rings. The molecule has 0 saturated carbocycles. The fourth-order valence-electron chi connectivity index (χ4n) is 5.57. The maximum atomic E-state index is 11.9. The molecule has 0 N–H and O–H groups in total. The van der Waals surface area contributed by atoms with Crippen molar-refractivity contribution in [2.24, 2.45) is 0 Å². The molecule has 3 heterocycles. The topological polar surface area (TPSA) is 117 Å². The first-order chi connectivity index (χ1) is 20.3. The van der Waals surface area contributed by atoms with Crippen LogP contribution in [0.3, 0.4) is 0 Å². The highest BCUT2D eigenvalue weighted by atomic mass is 16.8. The zero-order valence-electron chi connectivity index (χ0n) is 24.2. The minimum Gasteiger partial charge on any atom is -0.458 e. The van der Waals surface area contributed by atoms with Crippen molar-refractivity contribution in [3.05, 3.63) is 71.8 Å². The summed E-state index contributed by atoms with van der Waals surface area (Å²) in [6.07, 6.45) is -6.93. The van der Waals surface area contributed by atoms with Gasteiger partial charge in [0.05, 0.1) is 19.3 Å². The molecule has 10 atom stereocenters. The van der Waals surface area contributed by atoms with E-state index in [9.17, 15) is 9.59 Å². The molecule has 5 rings (SSSR count). The summed E-state index contributed by atoms with van der Waals surface area (Å²) in [5.41, 5.74) is 1.82. The van der Waals surface area contributed by atoms with E-state index in [0.29, 0.717) is 0 Å². The van der Waals surface area contributed by atoms with E-state index in [-0.39, 0.29) is 19.6 Å². The van der Waals surface area contributed by atoms with Crippen LogP contribution in [0.15, 0.2) is 60.7 Å². The Morgan fingerprint density at radius 1 is 0.857 bits per heavy atom. The van der Waals surface area contributed by atoms with Crippen LogP contribution in [0.2, 0.25) is 0 Å². The molecule has 2 aromatic carbocycles.